The molecular weight excluding hydrogens is 405 g/mol. The molecule has 0 atom stereocenters. The van der Waals surface area contributed by atoms with Crippen molar-refractivity contribution in [2.45, 2.75) is 6.36 Å². The van der Waals surface area contributed by atoms with Crippen LogP contribution in [0.25, 0.3) is 0 Å². The number of nitriles is 1. The third kappa shape index (κ3) is 5.39. The summed E-state index contributed by atoms with van der Waals surface area (Å²) in [5, 5.41) is 18.1. The monoisotopic (exact) mass is 416 g/mol. The molecule has 1 aromatic heterocycles. The molecule has 0 amide bonds. The number of pyridine rings is 1. The van der Waals surface area contributed by atoms with Crippen LogP contribution in [-0.2, 0) is 0 Å². The van der Waals surface area contributed by atoms with Gasteiger partial charge in [0.1, 0.15) is 22.8 Å². The molecule has 0 spiro atoms. The molecule has 30 heavy (non-hydrogen) atoms. The van der Waals surface area contributed by atoms with Crippen LogP contribution in [0.4, 0.5) is 13.2 Å². The highest BCUT2D eigenvalue weighted by molar-refractivity contribution is 5.90. The lowest BCUT2D eigenvalue weighted by molar-refractivity contribution is -0.274. The third-order valence-electron chi connectivity index (χ3n) is 3.54. The molecule has 0 fully saturated rings. The SMILES string of the molecule is N#Cc1ccc(Oc2nc(Oc3ccc(OC(F)(F)F)cc3)ccc2C(=O)O)cc1. The summed E-state index contributed by atoms with van der Waals surface area (Å²) < 4.78 is 51.4. The van der Waals surface area contributed by atoms with Gasteiger partial charge in [-0.3, -0.25) is 0 Å². The van der Waals surface area contributed by atoms with Gasteiger partial charge in [0.2, 0.25) is 11.8 Å². The molecule has 1 N–H and O–H groups in total. The average molecular weight is 416 g/mol. The second-order valence-electron chi connectivity index (χ2n) is 5.67. The number of aromatic nitrogens is 1. The molecule has 152 valence electrons. The van der Waals surface area contributed by atoms with Crippen molar-refractivity contribution in [3.05, 3.63) is 71.8 Å². The number of halogens is 3. The molecule has 0 aliphatic carbocycles. The first-order valence-electron chi connectivity index (χ1n) is 8.19. The van der Waals surface area contributed by atoms with Gasteiger partial charge in [0.25, 0.3) is 0 Å². The summed E-state index contributed by atoms with van der Waals surface area (Å²) in [4.78, 5) is 15.4. The molecule has 3 rings (SSSR count). The number of ether oxygens (including phenoxy) is 3. The van der Waals surface area contributed by atoms with Crippen molar-refractivity contribution in [2.75, 3.05) is 0 Å². The van der Waals surface area contributed by atoms with E-state index in [0.717, 1.165) is 12.1 Å². The number of hydrogen-bond acceptors (Lipinski definition) is 6. The molecule has 0 aliphatic heterocycles. The van der Waals surface area contributed by atoms with E-state index >= 15 is 0 Å². The van der Waals surface area contributed by atoms with Gasteiger partial charge in [-0.2, -0.15) is 10.2 Å². The Hall–Kier alpha value is -4.26. The Bertz CT molecular complexity index is 1090. The van der Waals surface area contributed by atoms with Gasteiger partial charge < -0.3 is 19.3 Å². The van der Waals surface area contributed by atoms with Gasteiger partial charge in [0.05, 0.1) is 11.6 Å². The predicted molar refractivity (Wildman–Crippen MR) is 95.6 cm³/mol. The van der Waals surface area contributed by atoms with Crippen LogP contribution in [0, 0.1) is 11.3 Å². The standard InChI is InChI=1S/C20H11F3N2O5/c21-20(22,23)30-15-7-5-13(6-8-15)28-17-10-9-16(19(26)27)18(25-17)29-14-3-1-12(11-24)2-4-14/h1-10H,(H,26,27). The lowest BCUT2D eigenvalue weighted by Gasteiger charge is -2.11. The third-order valence-corrected chi connectivity index (χ3v) is 3.54. The Morgan fingerprint density at radius 1 is 0.900 bits per heavy atom. The Labute approximate surface area is 167 Å². The van der Waals surface area contributed by atoms with E-state index in [9.17, 15) is 23.1 Å². The van der Waals surface area contributed by atoms with Crippen molar-refractivity contribution in [2.24, 2.45) is 0 Å². The van der Waals surface area contributed by atoms with Gasteiger partial charge in [-0.05, 0) is 54.6 Å². The fourth-order valence-electron chi connectivity index (χ4n) is 2.26. The fraction of sp³-hybridized carbons (Fsp3) is 0.0500. The minimum absolute atomic E-state index is 0.0480. The van der Waals surface area contributed by atoms with E-state index in [0.29, 0.717) is 5.56 Å². The highest BCUT2D eigenvalue weighted by Crippen LogP contribution is 2.30. The Morgan fingerprint density at radius 2 is 1.47 bits per heavy atom. The lowest BCUT2D eigenvalue weighted by atomic mass is 10.2. The highest BCUT2D eigenvalue weighted by Gasteiger charge is 2.31. The average Bonchev–Trinajstić information content (AvgIpc) is 2.69. The summed E-state index contributed by atoms with van der Waals surface area (Å²) in [6, 6.07) is 14.9. The highest BCUT2D eigenvalue weighted by atomic mass is 19.4. The molecule has 10 heteroatoms. The van der Waals surface area contributed by atoms with Crippen LogP contribution < -0.4 is 14.2 Å². The van der Waals surface area contributed by atoms with Gasteiger partial charge in [0.15, 0.2) is 0 Å². The molecule has 0 aliphatic rings. The predicted octanol–water partition coefficient (Wildman–Crippen LogP) is 5.13. The van der Waals surface area contributed by atoms with E-state index in [1.807, 2.05) is 6.07 Å². The van der Waals surface area contributed by atoms with E-state index in [4.69, 9.17) is 14.7 Å². The Morgan fingerprint density at radius 3 is 2.03 bits per heavy atom. The Balaban J connectivity index is 1.81. The molecule has 3 aromatic rings. The van der Waals surface area contributed by atoms with Gasteiger partial charge in [0, 0.05) is 6.07 Å². The van der Waals surface area contributed by atoms with Gasteiger partial charge >= 0.3 is 12.3 Å². The van der Waals surface area contributed by atoms with Crippen LogP contribution in [0.5, 0.6) is 29.0 Å². The first-order valence-corrected chi connectivity index (χ1v) is 8.19. The van der Waals surface area contributed by atoms with Crippen LogP contribution in [0.15, 0.2) is 60.7 Å². The number of benzene rings is 2. The molecule has 1 heterocycles. The van der Waals surface area contributed by atoms with Crippen molar-refractivity contribution in [1.29, 1.82) is 5.26 Å². The number of carbonyl (C=O) groups is 1. The van der Waals surface area contributed by atoms with Crippen molar-refractivity contribution in [3.63, 3.8) is 0 Å². The van der Waals surface area contributed by atoms with Crippen molar-refractivity contribution in [1.82, 2.24) is 4.98 Å². The van der Waals surface area contributed by atoms with Crippen LogP contribution in [-0.4, -0.2) is 22.4 Å². The number of carboxylic acids is 1. The topological polar surface area (TPSA) is 102 Å². The van der Waals surface area contributed by atoms with Crippen LogP contribution >= 0.6 is 0 Å². The van der Waals surface area contributed by atoms with Gasteiger partial charge in [-0.1, -0.05) is 0 Å². The molecular formula is C20H11F3N2O5. The molecule has 2 aromatic carbocycles. The summed E-state index contributed by atoms with van der Waals surface area (Å²) in [6.07, 6.45) is -4.81. The quantitative estimate of drug-likeness (QED) is 0.594. The number of rotatable bonds is 6. The van der Waals surface area contributed by atoms with Crippen LogP contribution in [0.2, 0.25) is 0 Å². The van der Waals surface area contributed by atoms with Crippen molar-refractivity contribution < 1.29 is 37.3 Å². The molecule has 0 bridgehead atoms. The maximum atomic E-state index is 12.2. The fourth-order valence-corrected chi connectivity index (χ4v) is 2.26. The van der Waals surface area contributed by atoms with Gasteiger partial charge in [-0.15, -0.1) is 13.2 Å². The summed E-state index contributed by atoms with van der Waals surface area (Å²) in [5.74, 6) is -1.63. The van der Waals surface area contributed by atoms with Crippen molar-refractivity contribution >= 4 is 5.97 Å². The second-order valence-corrected chi connectivity index (χ2v) is 5.67. The van der Waals surface area contributed by atoms with Crippen LogP contribution in [0.1, 0.15) is 15.9 Å². The first kappa shape index (κ1) is 20.5. The summed E-state index contributed by atoms with van der Waals surface area (Å²) in [6.45, 7) is 0. The minimum Gasteiger partial charge on any atom is -0.477 e. The van der Waals surface area contributed by atoms with E-state index in [1.165, 1.54) is 48.5 Å². The number of aromatic carboxylic acids is 1. The smallest absolute Gasteiger partial charge is 0.477 e. The van der Waals surface area contributed by atoms with Crippen molar-refractivity contribution in [3.8, 4) is 35.1 Å². The summed E-state index contributed by atoms with van der Waals surface area (Å²) in [5.41, 5.74) is 0.157. The Kier molecular flexibility index (Phi) is 5.73. The van der Waals surface area contributed by atoms with Crippen LogP contribution in [0.3, 0.4) is 0 Å². The molecule has 7 nitrogen and oxygen atoms in total. The molecule has 0 saturated heterocycles. The minimum atomic E-state index is -4.81. The van der Waals surface area contributed by atoms with E-state index < -0.39 is 18.1 Å². The number of carboxylic acid groups (broad SMARTS) is 1. The normalized spacial score (nSPS) is 10.7. The van der Waals surface area contributed by atoms with E-state index in [1.54, 1.807) is 0 Å². The van der Waals surface area contributed by atoms with Gasteiger partial charge in [-0.25, -0.2) is 4.79 Å². The maximum absolute atomic E-state index is 12.2. The first-order chi connectivity index (χ1) is 14.2. The van der Waals surface area contributed by atoms with E-state index in [2.05, 4.69) is 9.72 Å². The molecule has 0 saturated carbocycles. The zero-order valence-corrected chi connectivity index (χ0v) is 14.9. The van der Waals surface area contributed by atoms with E-state index in [-0.39, 0.29) is 28.8 Å². The largest absolute Gasteiger partial charge is 0.573 e. The molecule has 0 radical (unpaired) electrons. The number of nitrogens with zero attached hydrogens (tertiary/aromatic N) is 2. The molecule has 0 unspecified atom stereocenters. The summed E-state index contributed by atoms with van der Waals surface area (Å²) >= 11 is 0. The zero-order valence-electron chi connectivity index (χ0n) is 14.9. The zero-order chi connectivity index (χ0) is 21.7. The lowest BCUT2D eigenvalue weighted by Crippen LogP contribution is -2.16. The number of hydrogen-bond donors (Lipinski definition) is 1. The number of alkyl halides is 3. The summed E-state index contributed by atoms with van der Waals surface area (Å²) in [7, 11) is 0. The second kappa shape index (κ2) is 8.40. The maximum Gasteiger partial charge on any atom is 0.573 e.